The van der Waals surface area contributed by atoms with Crippen LogP contribution in [0.5, 0.6) is 0 Å². The average Bonchev–Trinajstić information content (AvgIpc) is 2.46. The van der Waals surface area contributed by atoms with Gasteiger partial charge in [0.2, 0.25) is 0 Å². The summed E-state index contributed by atoms with van der Waals surface area (Å²) < 4.78 is 2.61. The Hall–Kier alpha value is -0.880. The SMILES string of the molecule is C=CNC(C(=O)CCC)C1(SN=O)CCN(CC)CC1. The van der Waals surface area contributed by atoms with Crippen molar-refractivity contribution >= 4 is 17.7 Å². The molecule has 1 aliphatic heterocycles. The summed E-state index contributed by atoms with van der Waals surface area (Å²) in [7, 11) is 0. The first-order valence-electron chi connectivity index (χ1n) is 7.26. The molecule has 1 heterocycles. The molecule has 114 valence electrons. The first-order valence-corrected chi connectivity index (χ1v) is 8.03. The number of rotatable bonds is 9. The van der Waals surface area contributed by atoms with Crippen molar-refractivity contribution in [3.05, 3.63) is 17.7 Å². The molecule has 1 aliphatic rings. The second-order valence-corrected chi connectivity index (χ2v) is 6.33. The van der Waals surface area contributed by atoms with Crippen molar-refractivity contribution in [2.75, 3.05) is 19.6 Å². The molecule has 1 N–H and O–H groups in total. The second-order valence-electron chi connectivity index (χ2n) is 5.18. The highest BCUT2D eigenvalue weighted by Gasteiger charge is 2.45. The van der Waals surface area contributed by atoms with Crippen LogP contribution in [-0.2, 0) is 4.79 Å². The standard InChI is InChI=1S/C14H25N3O2S/c1-4-7-12(18)13(15-5-2)14(20-16-19)8-10-17(6-3)11-9-14/h5,13,15H,2,4,6-11H2,1,3H3. The van der Waals surface area contributed by atoms with Gasteiger partial charge in [0.05, 0.1) is 4.75 Å². The Morgan fingerprint density at radius 2 is 2.15 bits per heavy atom. The number of piperidine rings is 1. The van der Waals surface area contributed by atoms with Crippen LogP contribution in [0.4, 0.5) is 0 Å². The number of nitrogens with one attached hydrogen (secondary N) is 1. The molecule has 20 heavy (non-hydrogen) atoms. The topological polar surface area (TPSA) is 61.8 Å². The van der Waals surface area contributed by atoms with Gasteiger partial charge in [0.1, 0.15) is 6.04 Å². The molecule has 1 atom stereocenters. The fraction of sp³-hybridized carbons (Fsp3) is 0.786. The van der Waals surface area contributed by atoms with Crippen LogP contribution < -0.4 is 5.32 Å². The van der Waals surface area contributed by atoms with Crippen molar-refractivity contribution in [1.82, 2.24) is 10.2 Å². The van der Waals surface area contributed by atoms with Gasteiger partial charge in [-0.2, -0.15) is 0 Å². The quantitative estimate of drug-likeness (QED) is 0.524. The molecule has 0 aromatic carbocycles. The molecule has 5 nitrogen and oxygen atoms in total. The molecule has 0 aliphatic carbocycles. The lowest BCUT2D eigenvalue weighted by atomic mass is 9.84. The number of likely N-dealkylation sites (tertiary alicyclic amines) is 1. The Balaban J connectivity index is 2.92. The highest BCUT2D eigenvalue weighted by Crippen LogP contribution is 2.40. The number of nitrogens with zero attached hydrogens (tertiary/aromatic N) is 2. The lowest BCUT2D eigenvalue weighted by molar-refractivity contribution is -0.122. The summed E-state index contributed by atoms with van der Waals surface area (Å²) in [4.78, 5) is 25.6. The summed E-state index contributed by atoms with van der Waals surface area (Å²) in [6.07, 6.45) is 4.46. The maximum atomic E-state index is 12.4. The van der Waals surface area contributed by atoms with Crippen LogP contribution in [-0.4, -0.2) is 41.1 Å². The van der Waals surface area contributed by atoms with E-state index in [0.29, 0.717) is 6.42 Å². The molecule has 0 aromatic heterocycles. The number of Topliss-reactive ketones (excluding diaryl/α,β-unsaturated/α-hetero) is 1. The van der Waals surface area contributed by atoms with E-state index in [1.807, 2.05) is 6.92 Å². The minimum Gasteiger partial charge on any atom is -0.381 e. The molecule has 1 unspecified atom stereocenters. The number of hydrogen-bond acceptors (Lipinski definition) is 6. The van der Waals surface area contributed by atoms with Crippen LogP contribution in [0.2, 0.25) is 0 Å². The number of ketones is 1. The summed E-state index contributed by atoms with van der Waals surface area (Å²) in [5.41, 5.74) is 0. The van der Waals surface area contributed by atoms with E-state index >= 15 is 0 Å². The van der Waals surface area contributed by atoms with Gasteiger partial charge in [-0.15, -0.1) is 4.91 Å². The van der Waals surface area contributed by atoms with Gasteiger partial charge in [-0.3, -0.25) is 4.79 Å². The lowest BCUT2D eigenvalue weighted by Crippen LogP contribution is -2.56. The smallest absolute Gasteiger partial charge is 0.156 e. The normalized spacial score (nSPS) is 20.1. The van der Waals surface area contributed by atoms with Gasteiger partial charge in [0, 0.05) is 23.0 Å². The lowest BCUT2D eigenvalue weighted by Gasteiger charge is -2.43. The van der Waals surface area contributed by atoms with E-state index in [1.165, 1.54) is 0 Å². The third kappa shape index (κ3) is 4.06. The molecule has 6 heteroatoms. The Morgan fingerprint density at radius 1 is 1.50 bits per heavy atom. The molecule has 1 saturated heterocycles. The van der Waals surface area contributed by atoms with Crippen LogP contribution in [0.25, 0.3) is 0 Å². The monoisotopic (exact) mass is 299 g/mol. The molecule has 1 rings (SSSR count). The molecular formula is C14H25N3O2S. The van der Waals surface area contributed by atoms with E-state index < -0.39 is 4.75 Å². The second kappa shape index (κ2) is 8.42. The largest absolute Gasteiger partial charge is 0.381 e. The molecule has 0 saturated carbocycles. The van der Waals surface area contributed by atoms with Crippen molar-refractivity contribution in [3.8, 4) is 0 Å². The number of carbonyl (C=O) groups is 1. The van der Waals surface area contributed by atoms with Gasteiger partial charge in [0.25, 0.3) is 0 Å². The van der Waals surface area contributed by atoms with Gasteiger partial charge in [0.15, 0.2) is 5.78 Å². The summed E-state index contributed by atoms with van der Waals surface area (Å²) in [5.74, 6) is 0.147. The van der Waals surface area contributed by atoms with Crippen molar-refractivity contribution in [1.29, 1.82) is 0 Å². The molecule has 0 radical (unpaired) electrons. The van der Waals surface area contributed by atoms with Crippen molar-refractivity contribution in [2.45, 2.75) is 50.3 Å². The predicted molar refractivity (Wildman–Crippen MR) is 84.5 cm³/mol. The zero-order valence-corrected chi connectivity index (χ0v) is 13.2. The van der Waals surface area contributed by atoms with Crippen molar-refractivity contribution in [3.63, 3.8) is 0 Å². The van der Waals surface area contributed by atoms with Crippen LogP contribution in [0.1, 0.15) is 39.5 Å². The molecule has 1 fully saturated rings. The van der Waals surface area contributed by atoms with E-state index in [1.54, 1.807) is 6.20 Å². The Kier molecular flexibility index (Phi) is 7.23. The van der Waals surface area contributed by atoms with Crippen LogP contribution in [0, 0.1) is 4.91 Å². The third-order valence-electron chi connectivity index (χ3n) is 4.00. The summed E-state index contributed by atoms with van der Waals surface area (Å²) in [5, 5.41) is 3.07. The molecule has 0 spiro atoms. The Bertz CT molecular complexity index is 341. The van der Waals surface area contributed by atoms with Gasteiger partial charge in [-0.05, 0) is 45.1 Å². The van der Waals surface area contributed by atoms with E-state index in [2.05, 4.69) is 28.3 Å². The van der Waals surface area contributed by atoms with E-state index in [0.717, 1.165) is 50.8 Å². The van der Waals surface area contributed by atoms with E-state index in [9.17, 15) is 9.70 Å². The maximum absolute atomic E-state index is 12.4. The Morgan fingerprint density at radius 3 is 2.60 bits per heavy atom. The zero-order valence-electron chi connectivity index (χ0n) is 12.4. The molecule has 0 amide bonds. The van der Waals surface area contributed by atoms with E-state index in [4.69, 9.17) is 0 Å². The molecule has 0 aromatic rings. The van der Waals surface area contributed by atoms with Gasteiger partial charge in [-0.25, -0.2) is 0 Å². The van der Waals surface area contributed by atoms with Crippen molar-refractivity contribution < 1.29 is 4.79 Å². The number of nitroso groups, excluding NO2 is 1. The minimum atomic E-state index is -0.437. The fourth-order valence-corrected chi connectivity index (χ4v) is 3.62. The summed E-state index contributed by atoms with van der Waals surface area (Å²) >= 11 is 1.03. The zero-order chi connectivity index (χ0) is 15.0. The predicted octanol–water partition coefficient (Wildman–Crippen LogP) is 2.73. The number of hydrogen-bond donors (Lipinski definition) is 1. The first kappa shape index (κ1) is 17.2. The van der Waals surface area contributed by atoms with Gasteiger partial charge in [-0.1, -0.05) is 20.4 Å². The summed E-state index contributed by atoms with van der Waals surface area (Å²) in [6.45, 7) is 10.6. The first-order chi connectivity index (χ1) is 9.63. The molecular weight excluding hydrogens is 274 g/mol. The summed E-state index contributed by atoms with van der Waals surface area (Å²) in [6, 6.07) is -0.373. The highest BCUT2D eigenvalue weighted by molar-refractivity contribution is 7.99. The minimum absolute atomic E-state index is 0.147. The highest BCUT2D eigenvalue weighted by atomic mass is 32.2. The van der Waals surface area contributed by atoms with Gasteiger partial charge >= 0.3 is 0 Å². The fourth-order valence-electron chi connectivity index (χ4n) is 2.80. The van der Waals surface area contributed by atoms with Crippen LogP contribution in [0.15, 0.2) is 17.4 Å². The average molecular weight is 299 g/mol. The maximum Gasteiger partial charge on any atom is 0.156 e. The Labute approximate surface area is 125 Å². The van der Waals surface area contributed by atoms with Crippen LogP contribution in [0.3, 0.4) is 0 Å². The molecule has 0 bridgehead atoms. The van der Waals surface area contributed by atoms with E-state index in [-0.39, 0.29) is 11.8 Å². The third-order valence-corrected chi connectivity index (χ3v) is 5.08. The van der Waals surface area contributed by atoms with Crippen molar-refractivity contribution in [2.24, 2.45) is 4.58 Å². The number of carbonyl (C=O) groups excluding carboxylic acids is 1. The van der Waals surface area contributed by atoms with Gasteiger partial charge < -0.3 is 10.2 Å². The van der Waals surface area contributed by atoms with Crippen LogP contribution >= 0.6 is 11.9 Å².